The Labute approximate surface area is 144 Å². The third-order valence-corrected chi connectivity index (χ3v) is 6.31. The SMILES string of the molecule is O=C1C[C@H](c2noc(-c3scnc3C3CC3)n2)CN1CC1CCC1. The van der Waals surface area contributed by atoms with Crippen LogP contribution in [0, 0.1) is 5.92 Å². The van der Waals surface area contributed by atoms with E-state index in [1.54, 1.807) is 11.3 Å². The molecular weight excluding hydrogens is 324 g/mol. The summed E-state index contributed by atoms with van der Waals surface area (Å²) in [6, 6.07) is 0. The molecule has 0 bridgehead atoms. The molecule has 3 fully saturated rings. The van der Waals surface area contributed by atoms with Gasteiger partial charge in [-0.15, -0.1) is 11.3 Å². The van der Waals surface area contributed by atoms with Gasteiger partial charge in [-0.05, 0) is 31.6 Å². The minimum Gasteiger partial charge on any atom is -0.342 e. The van der Waals surface area contributed by atoms with E-state index in [1.807, 2.05) is 10.4 Å². The van der Waals surface area contributed by atoms with Crippen LogP contribution < -0.4 is 0 Å². The summed E-state index contributed by atoms with van der Waals surface area (Å²) in [6.07, 6.45) is 6.73. The molecule has 0 aromatic carbocycles. The summed E-state index contributed by atoms with van der Waals surface area (Å²) in [5, 5.41) is 4.17. The molecule has 2 saturated carbocycles. The third-order valence-electron chi connectivity index (χ3n) is 5.48. The first-order valence-electron chi connectivity index (χ1n) is 8.83. The molecule has 6 nitrogen and oxygen atoms in total. The molecule has 0 spiro atoms. The number of rotatable bonds is 5. The van der Waals surface area contributed by atoms with Crippen LogP contribution >= 0.6 is 11.3 Å². The Kier molecular flexibility index (Phi) is 3.43. The molecule has 0 N–H and O–H groups in total. The third kappa shape index (κ3) is 2.55. The van der Waals surface area contributed by atoms with E-state index in [-0.39, 0.29) is 11.8 Å². The zero-order chi connectivity index (χ0) is 16.1. The van der Waals surface area contributed by atoms with Crippen molar-refractivity contribution in [2.75, 3.05) is 13.1 Å². The van der Waals surface area contributed by atoms with E-state index in [1.165, 1.54) is 32.1 Å². The maximum atomic E-state index is 12.3. The average Bonchev–Trinajstić information content (AvgIpc) is 2.97. The number of aromatic nitrogens is 3. The summed E-state index contributed by atoms with van der Waals surface area (Å²) >= 11 is 1.56. The van der Waals surface area contributed by atoms with Gasteiger partial charge in [-0.1, -0.05) is 11.6 Å². The van der Waals surface area contributed by atoms with Gasteiger partial charge in [-0.3, -0.25) is 4.79 Å². The van der Waals surface area contributed by atoms with Gasteiger partial charge >= 0.3 is 0 Å². The zero-order valence-corrected chi connectivity index (χ0v) is 14.3. The van der Waals surface area contributed by atoms with Gasteiger partial charge in [0.2, 0.25) is 5.91 Å². The fourth-order valence-electron chi connectivity index (χ4n) is 3.66. The topological polar surface area (TPSA) is 72.1 Å². The van der Waals surface area contributed by atoms with Crippen molar-refractivity contribution < 1.29 is 9.32 Å². The van der Waals surface area contributed by atoms with Gasteiger partial charge in [0, 0.05) is 31.3 Å². The molecule has 2 aliphatic carbocycles. The second-order valence-electron chi connectivity index (χ2n) is 7.30. The highest BCUT2D eigenvalue weighted by molar-refractivity contribution is 7.13. The Morgan fingerprint density at radius 3 is 2.88 bits per heavy atom. The summed E-state index contributed by atoms with van der Waals surface area (Å²) in [5.74, 6) is 2.80. The Morgan fingerprint density at radius 2 is 2.12 bits per heavy atom. The highest BCUT2D eigenvalue weighted by Gasteiger charge is 2.36. The van der Waals surface area contributed by atoms with Crippen LogP contribution in [0.4, 0.5) is 0 Å². The van der Waals surface area contributed by atoms with Gasteiger partial charge in [0.25, 0.3) is 5.89 Å². The summed E-state index contributed by atoms with van der Waals surface area (Å²) in [4.78, 5) is 24.3. The number of hydrogen-bond donors (Lipinski definition) is 0. The number of nitrogens with zero attached hydrogens (tertiary/aromatic N) is 4. The van der Waals surface area contributed by atoms with Crippen molar-refractivity contribution in [2.45, 2.75) is 50.4 Å². The second-order valence-corrected chi connectivity index (χ2v) is 8.15. The minimum atomic E-state index is 0.0624. The zero-order valence-electron chi connectivity index (χ0n) is 13.5. The summed E-state index contributed by atoms with van der Waals surface area (Å²) in [7, 11) is 0. The number of carbonyl (C=O) groups is 1. The lowest BCUT2D eigenvalue weighted by atomic mass is 9.85. The van der Waals surface area contributed by atoms with Gasteiger partial charge in [0.05, 0.1) is 11.2 Å². The van der Waals surface area contributed by atoms with Crippen LogP contribution in [-0.2, 0) is 4.79 Å². The van der Waals surface area contributed by atoms with Crippen molar-refractivity contribution in [2.24, 2.45) is 5.92 Å². The van der Waals surface area contributed by atoms with Crippen LogP contribution in [0.25, 0.3) is 10.8 Å². The number of hydrogen-bond acceptors (Lipinski definition) is 6. The van der Waals surface area contributed by atoms with Gasteiger partial charge < -0.3 is 9.42 Å². The van der Waals surface area contributed by atoms with Crippen molar-refractivity contribution in [3.05, 3.63) is 17.0 Å². The number of carbonyl (C=O) groups excluding carboxylic acids is 1. The lowest BCUT2D eigenvalue weighted by Crippen LogP contribution is -2.33. The average molecular weight is 344 g/mol. The predicted molar refractivity (Wildman–Crippen MR) is 88.7 cm³/mol. The molecule has 7 heteroatoms. The molecule has 0 unspecified atom stereocenters. The van der Waals surface area contributed by atoms with E-state index in [4.69, 9.17) is 4.52 Å². The van der Waals surface area contributed by atoms with Crippen molar-refractivity contribution >= 4 is 17.2 Å². The Hall–Kier alpha value is -1.76. The predicted octanol–water partition coefficient (Wildman–Crippen LogP) is 3.19. The first-order valence-corrected chi connectivity index (χ1v) is 9.71. The van der Waals surface area contributed by atoms with Crippen molar-refractivity contribution in [1.82, 2.24) is 20.0 Å². The fourth-order valence-corrected chi connectivity index (χ4v) is 4.46. The van der Waals surface area contributed by atoms with Crippen LogP contribution in [0.3, 0.4) is 0 Å². The largest absolute Gasteiger partial charge is 0.342 e. The van der Waals surface area contributed by atoms with E-state index >= 15 is 0 Å². The van der Waals surface area contributed by atoms with Gasteiger partial charge in [0.15, 0.2) is 5.82 Å². The van der Waals surface area contributed by atoms with E-state index in [0.29, 0.717) is 30.0 Å². The van der Waals surface area contributed by atoms with E-state index < -0.39 is 0 Å². The number of likely N-dealkylation sites (tertiary alicyclic amines) is 1. The standard InChI is InChI=1S/C17H20N4O2S/c22-13-6-12(8-21(13)7-10-2-1-3-10)16-19-17(23-20-16)15-14(11-4-5-11)18-9-24-15/h9-12H,1-8H2/t12-/m0/s1. The van der Waals surface area contributed by atoms with Crippen LogP contribution in [0.1, 0.15) is 61.9 Å². The molecule has 3 aliphatic rings. The molecule has 1 aliphatic heterocycles. The van der Waals surface area contributed by atoms with Crippen LogP contribution in [-0.4, -0.2) is 39.0 Å². The normalized spacial score (nSPS) is 24.6. The lowest BCUT2D eigenvalue weighted by Gasteiger charge is -2.30. The highest BCUT2D eigenvalue weighted by Crippen LogP contribution is 2.45. The van der Waals surface area contributed by atoms with E-state index in [9.17, 15) is 4.79 Å². The smallest absolute Gasteiger partial charge is 0.269 e. The van der Waals surface area contributed by atoms with E-state index in [0.717, 1.165) is 23.7 Å². The Morgan fingerprint density at radius 1 is 1.25 bits per heavy atom. The molecular formula is C17H20N4O2S. The Bertz CT molecular complexity index is 762. The number of thiazole rings is 1. The minimum absolute atomic E-state index is 0.0624. The van der Waals surface area contributed by atoms with Gasteiger partial charge in [-0.25, -0.2) is 4.98 Å². The van der Waals surface area contributed by atoms with Gasteiger partial charge in [0.1, 0.15) is 4.88 Å². The molecule has 1 saturated heterocycles. The molecule has 2 aromatic heterocycles. The first-order chi connectivity index (χ1) is 11.8. The highest BCUT2D eigenvalue weighted by atomic mass is 32.1. The molecule has 126 valence electrons. The molecule has 5 rings (SSSR count). The maximum Gasteiger partial charge on any atom is 0.269 e. The molecule has 2 aromatic rings. The Balaban J connectivity index is 1.32. The van der Waals surface area contributed by atoms with Gasteiger partial charge in [-0.2, -0.15) is 4.98 Å². The van der Waals surface area contributed by atoms with Crippen LogP contribution in [0.2, 0.25) is 0 Å². The van der Waals surface area contributed by atoms with Crippen LogP contribution in [0.15, 0.2) is 10.0 Å². The maximum absolute atomic E-state index is 12.3. The molecule has 1 atom stereocenters. The first kappa shape index (κ1) is 14.6. The van der Waals surface area contributed by atoms with Crippen molar-refractivity contribution in [3.63, 3.8) is 0 Å². The molecule has 0 radical (unpaired) electrons. The fraction of sp³-hybridized carbons (Fsp3) is 0.647. The molecule has 3 heterocycles. The summed E-state index contributed by atoms with van der Waals surface area (Å²) < 4.78 is 5.50. The quantitative estimate of drug-likeness (QED) is 0.833. The summed E-state index contributed by atoms with van der Waals surface area (Å²) in [5.41, 5.74) is 2.95. The second kappa shape index (κ2) is 5.65. The lowest BCUT2D eigenvalue weighted by molar-refractivity contribution is -0.128. The van der Waals surface area contributed by atoms with E-state index in [2.05, 4.69) is 15.1 Å². The monoisotopic (exact) mass is 344 g/mol. The van der Waals surface area contributed by atoms with Crippen molar-refractivity contribution in [3.8, 4) is 10.8 Å². The van der Waals surface area contributed by atoms with Crippen molar-refractivity contribution in [1.29, 1.82) is 0 Å². The summed E-state index contributed by atoms with van der Waals surface area (Å²) in [6.45, 7) is 1.63. The number of amides is 1. The molecule has 24 heavy (non-hydrogen) atoms. The van der Waals surface area contributed by atoms with Crippen LogP contribution in [0.5, 0.6) is 0 Å². The molecule has 1 amide bonds.